The maximum atomic E-state index is 2.49. The lowest BCUT2D eigenvalue weighted by Crippen LogP contribution is -2.26. The average molecular weight is 1160 g/mol. The van der Waals surface area contributed by atoms with Gasteiger partial charge in [0, 0.05) is 33.9 Å². The van der Waals surface area contributed by atoms with Crippen LogP contribution >= 0.6 is 0 Å². The fourth-order valence-corrected chi connectivity index (χ4v) is 10.5. The Morgan fingerprint density at radius 2 is 0.414 bits per heavy atom. The maximum Gasteiger partial charge on any atom is 0.0727 e. The van der Waals surface area contributed by atoms with Crippen molar-refractivity contribution in [1.82, 2.24) is 0 Å². The van der Waals surface area contributed by atoms with E-state index in [1.54, 1.807) is 0 Å². The third-order valence-electron chi connectivity index (χ3n) is 13.1. The van der Waals surface area contributed by atoms with Crippen LogP contribution < -0.4 is 9.80 Å². The van der Waals surface area contributed by atoms with E-state index < -0.39 is 5.41 Å². The van der Waals surface area contributed by atoms with Crippen LogP contribution in [-0.4, -0.2) is 0 Å². The minimum atomic E-state index is -0.577. The van der Waals surface area contributed by atoms with Crippen LogP contribution in [0.25, 0.3) is 44.5 Å². The van der Waals surface area contributed by atoms with Crippen LogP contribution in [0.5, 0.6) is 0 Å². The van der Waals surface area contributed by atoms with Gasteiger partial charge in [-0.1, -0.05) is 360 Å². The lowest BCUT2D eigenvalue weighted by molar-refractivity contribution is 0.793. The molecule has 10 aromatic rings. The van der Waals surface area contributed by atoms with Gasteiger partial charge >= 0.3 is 0 Å². The molecule has 464 valence electrons. The van der Waals surface area contributed by atoms with E-state index in [9.17, 15) is 0 Å². The normalized spacial score (nSPS) is 9.93. The second kappa shape index (κ2) is 46.1. The zero-order chi connectivity index (χ0) is 65.7. The van der Waals surface area contributed by atoms with Crippen molar-refractivity contribution in [3.05, 3.63) is 277 Å². The molecule has 0 aliphatic heterocycles. The molecule has 2 aliphatic rings. The fourth-order valence-electron chi connectivity index (χ4n) is 10.5. The van der Waals surface area contributed by atoms with Gasteiger partial charge < -0.3 is 9.80 Å². The smallest absolute Gasteiger partial charge is 0.0727 e. The molecule has 0 saturated heterocycles. The SMILES string of the molecule is CC.CC.CC.CC.CC.CC.CC.CC.CC.CC.CC.CC.c1ccc(-c2ccccc2N(c2ccccc2)c2ccc3c(c2)C2(c4ccccc4-c4ccccc42)c2cc(N(c4ccccc4)c4ccccc4-c4ccccc4)ccc2-3)cc1. The Bertz CT molecular complexity index is 3060. The highest BCUT2D eigenvalue weighted by Crippen LogP contribution is 2.64. The molecule has 1 spiro atoms. The Kier molecular flexibility index (Phi) is 41.7. The molecule has 0 radical (unpaired) electrons. The standard InChI is InChI=1S/C61H42N2.12C2H6/c1-5-21-43(22-6-1)49-29-15-19-35-59(49)62(45-25-9-3-10-26-45)47-37-39-53-54-40-38-48(63(46-27-11-4-12-28-46)60-36-20-16-30-50(60)44-23-7-2-8-24-44)42-58(54)61(57(53)41-47)55-33-17-13-31-51(55)52-32-14-18-34-56(52)61;12*1-2/h1-42H;12*1-2H3. The molecule has 12 rings (SSSR count). The van der Waals surface area contributed by atoms with Gasteiger partial charge in [0.1, 0.15) is 0 Å². The van der Waals surface area contributed by atoms with Crippen molar-refractivity contribution in [2.24, 2.45) is 0 Å². The van der Waals surface area contributed by atoms with E-state index in [1.165, 1.54) is 66.8 Å². The summed E-state index contributed by atoms with van der Waals surface area (Å²) in [5.74, 6) is 0. The Hall–Kier alpha value is -8.20. The summed E-state index contributed by atoms with van der Waals surface area (Å²) in [6, 6.07) is 93.2. The number of hydrogen-bond donors (Lipinski definition) is 0. The monoisotopic (exact) mass is 1160 g/mol. The zero-order valence-corrected chi connectivity index (χ0v) is 58.6. The van der Waals surface area contributed by atoms with Gasteiger partial charge in [-0.15, -0.1) is 0 Å². The summed E-state index contributed by atoms with van der Waals surface area (Å²) in [6.45, 7) is 48.0. The second-order valence-electron chi connectivity index (χ2n) is 16.4. The third kappa shape index (κ3) is 18.0. The molecule has 0 atom stereocenters. The van der Waals surface area contributed by atoms with Crippen LogP contribution in [0.4, 0.5) is 34.1 Å². The van der Waals surface area contributed by atoms with Gasteiger partial charge in [-0.25, -0.2) is 0 Å². The first-order chi connectivity index (χ1) is 43.3. The van der Waals surface area contributed by atoms with Crippen molar-refractivity contribution in [3.8, 4) is 44.5 Å². The maximum absolute atomic E-state index is 2.49. The first kappa shape index (κ1) is 78.8. The van der Waals surface area contributed by atoms with Crippen LogP contribution in [0.1, 0.15) is 188 Å². The summed E-state index contributed by atoms with van der Waals surface area (Å²) in [7, 11) is 0. The lowest BCUT2D eigenvalue weighted by Gasteiger charge is -2.34. The van der Waals surface area contributed by atoms with Crippen LogP contribution in [0.3, 0.4) is 0 Å². The molecule has 2 nitrogen and oxygen atoms in total. The molecule has 0 amide bonds. The number of anilines is 6. The molecule has 0 unspecified atom stereocenters. The number of rotatable bonds is 8. The number of para-hydroxylation sites is 4. The number of benzene rings is 10. The zero-order valence-electron chi connectivity index (χ0n) is 58.6. The van der Waals surface area contributed by atoms with Crippen LogP contribution in [-0.2, 0) is 5.41 Å². The molecule has 2 heteroatoms. The van der Waals surface area contributed by atoms with Crippen LogP contribution in [0.2, 0.25) is 0 Å². The Morgan fingerprint density at radius 3 is 0.713 bits per heavy atom. The van der Waals surface area contributed by atoms with E-state index in [-0.39, 0.29) is 0 Å². The summed E-state index contributed by atoms with van der Waals surface area (Å²) in [5, 5.41) is 0. The number of nitrogens with zero attached hydrogens (tertiary/aromatic N) is 2. The summed E-state index contributed by atoms with van der Waals surface area (Å²) >= 11 is 0. The predicted octanol–water partition coefficient (Wildman–Crippen LogP) is 28.6. The average Bonchev–Trinajstić information content (AvgIpc) is 1.52. The summed E-state index contributed by atoms with van der Waals surface area (Å²) < 4.78 is 0. The molecule has 0 N–H and O–H groups in total. The van der Waals surface area contributed by atoms with Crippen LogP contribution in [0.15, 0.2) is 255 Å². The van der Waals surface area contributed by atoms with Crippen molar-refractivity contribution in [2.45, 2.75) is 172 Å². The summed E-state index contributed by atoms with van der Waals surface area (Å²) in [6.07, 6.45) is 0. The van der Waals surface area contributed by atoms with Gasteiger partial charge in [-0.3, -0.25) is 0 Å². The lowest BCUT2D eigenvalue weighted by atomic mass is 9.70. The van der Waals surface area contributed by atoms with E-state index >= 15 is 0 Å². The highest BCUT2D eigenvalue weighted by atomic mass is 15.2. The van der Waals surface area contributed by atoms with E-state index in [2.05, 4.69) is 265 Å². The van der Waals surface area contributed by atoms with Gasteiger partial charge in [0.05, 0.1) is 16.8 Å². The minimum Gasteiger partial charge on any atom is -0.310 e. The molecular formula is C85H114N2. The van der Waals surface area contributed by atoms with Crippen LogP contribution in [0, 0.1) is 0 Å². The molecule has 0 fully saturated rings. The fraction of sp³-hybridized carbons (Fsp3) is 0.294. The minimum absolute atomic E-state index is 0.577. The quantitative estimate of drug-likeness (QED) is 0.150. The van der Waals surface area contributed by atoms with Crippen molar-refractivity contribution in [1.29, 1.82) is 0 Å². The Labute approximate surface area is 534 Å². The van der Waals surface area contributed by atoms with E-state index in [4.69, 9.17) is 0 Å². The first-order valence-corrected chi connectivity index (χ1v) is 33.8. The molecule has 2 aliphatic carbocycles. The summed E-state index contributed by atoms with van der Waals surface area (Å²) in [5.41, 5.74) is 21.1. The number of hydrogen-bond acceptors (Lipinski definition) is 2. The van der Waals surface area contributed by atoms with E-state index in [0.717, 1.165) is 34.1 Å². The highest BCUT2D eigenvalue weighted by molar-refractivity contribution is 5.99. The molecule has 0 aromatic heterocycles. The van der Waals surface area contributed by atoms with Crippen molar-refractivity contribution >= 4 is 34.1 Å². The molecular weight excluding hydrogens is 1050 g/mol. The van der Waals surface area contributed by atoms with Gasteiger partial charge in [0.15, 0.2) is 0 Å². The third-order valence-corrected chi connectivity index (χ3v) is 13.1. The first-order valence-electron chi connectivity index (χ1n) is 33.8. The second-order valence-corrected chi connectivity index (χ2v) is 16.4. The largest absolute Gasteiger partial charge is 0.310 e. The topological polar surface area (TPSA) is 6.48 Å². The van der Waals surface area contributed by atoms with E-state index in [1.807, 2.05) is 166 Å². The van der Waals surface area contributed by atoms with Crippen molar-refractivity contribution in [2.75, 3.05) is 9.80 Å². The summed E-state index contributed by atoms with van der Waals surface area (Å²) in [4.78, 5) is 4.88. The molecule has 0 saturated carbocycles. The molecule has 0 heterocycles. The molecule has 0 bridgehead atoms. The Balaban J connectivity index is 0.00000277. The van der Waals surface area contributed by atoms with Gasteiger partial charge in [0.25, 0.3) is 0 Å². The van der Waals surface area contributed by atoms with Gasteiger partial charge in [-0.2, -0.15) is 0 Å². The Morgan fingerprint density at radius 1 is 0.184 bits per heavy atom. The van der Waals surface area contributed by atoms with E-state index in [0.29, 0.717) is 0 Å². The number of fused-ring (bicyclic) bond motifs is 10. The predicted molar refractivity (Wildman–Crippen MR) is 399 cm³/mol. The van der Waals surface area contributed by atoms with Gasteiger partial charge in [-0.05, 0) is 116 Å². The van der Waals surface area contributed by atoms with Gasteiger partial charge in [0.2, 0.25) is 0 Å². The van der Waals surface area contributed by atoms with Crippen molar-refractivity contribution in [3.63, 3.8) is 0 Å². The molecule has 87 heavy (non-hydrogen) atoms. The highest BCUT2D eigenvalue weighted by Gasteiger charge is 2.52. The molecule has 10 aromatic carbocycles. The van der Waals surface area contributed by atoms with Crippen molar-refractivity contribution < 1.29 is 0 Å².